The van der Waals surface area contributed by atoms with Crippen LogP contribution in [0.1, 0.15) is 37.7 Å². The molecular weight excluding hydrogens is 336 g/mol. The van der Waals surface area contributed by atoms with Crippen LogP contribution in [0.3, 0.4) is 0 Å². The molecule has 140 valence electrons. The van der Waals surface area contributed by atoms with Crippen molar-refractivity contribution in [3.05, 3.63) is 29.8 Å². The molecule has 1 amide bonds. The van der Waals surface area contributed by atoms with E-state index in [0.717, 1.165) is 18.6 Å². The smallest absolute Gasteiger partial charge is 0.225 e. The summed E-state index contributed by atoms with van der Waals surface area (Å²) in [7, 11) is 1.90. The minimum Gasteiger partial charge on any atom is -0.492 e. The van der Waals surface area contributed by atoms with E-state index in [1.807, 2.05) is 43.1 Å². The molecule has 0 saturated heterocycles. The van der Waals surface area contributed by atoms with Gasteiger partial charge in [0, 0.05) is 19.0 Å². The molecule has 0 spiro atoms. The maximum Gasteiger partial charge on any atom is 0.225 e. The summed E-state index contributed by atoms with van der Waals surface area (Å²) in [4.78, 5) is 14.6. The number of aryl methyl sites for hydroxylation is 1. The number of fused-ring (bicyclic) bond motifs is 2. The number of hydrogen-bond acceptors (Lipinski definition) is 3. The van der Waals surface area contributed by atoms with Crippen LogP contribution in [0, 0.1) is 24.7 Å². The number of amides is 1. The van der Waals surface area contributed by atoms with Crippen molar-refractivity contribution in [1.82, 2.24) is 4.90 Å². The maximum atomic E-state index is 12.8. The van der Waals surface area contributed by atoms with Gasteiger partial charge in [-0.3, -0.25) is 4.79 Å². The lowest BCUT2D eigenvalue weighted by molar-refractivity contribution is -0.137. The van der Waals surface area contributed by atoms with Gasteiger partial charge >= 0.3 is 0 Å². The van der Waals surface area contributed by atoms with E-state index in [2.05, 4.69) is 0 Å². The molecule has 1 aromatic rings. The van der Waals surface area contributed by atoms with Crippen LogP contribution in [0.4, 0.5) is 0 Å². The normalized spacial score (nSPS) is 28.0. The molecule has 0 aromatic heterocycles. The van der Waals surface area contributed by atoms with Crippen LogP contribution >= 0.6 is 12.4 Å². The first-order chi connectivity index (χ1) is 11.5. The standard InChI is InChI=1S/C20H30N2O2.ClH/c1-14-5-3-8-18(11-14)24-10-9-22(2)20(23)17-12-15-6-4-7-16(13-17)19(15)21;/h3,5,8,11,15-17,19H,4,6-7,9-10,12-13,21H2,1-2H3;1H. The molecule has 0 radical (unpaired) electrons. The van der Waals surface area contributed by atoms with Gasteiger partial charge in [0.2, 0.25) is 5.91 Å². The molecule has 2 aliphatic carbocycles. The number of halogens is 1. The number of carbonyl (C=O) groups is 1. The van der Waals surface area contributed by atoms with Gasteiger partial charge in [-0.05, 0) is 62.1 Å². The quantitative estimate of drug-likeness (QED) is 0.868. The number of likely N-dealkylation sites (N-methyl/N-ethyl adjacent to an activating group) is 1. The molecular formula is C20H31ClN2O2. The van der Waals surface area contributed by atoms with Crippen LogP contribution in [0.15, 0.2) is 24.3 Å². The van der Waals surface area contributed by atoms with Crippen molar-refractivity contribution < 1.29 is 9.53 Å². The fraction of sp³-hybridized carbons (Fsp3) is 0.650. The van der Waals surface area contributed by atoms with Gasteiger partial charge in [-0.15, -0.1) is 12.4 Å². The zero-order chi connectivity index (χ0) is 17.1. The van der Waals surface area contributed by atoms with Gasteiger partial charge in [0.1, 0.15) is 12.4 Å². The highest BCUT2D eigenvalue weighted by Gasteiger charge is 2.41. The summed E-state index contributed by atoms with van der Waals surface area (Å²) in [5, 5.41) is 0. The first-order valence-corrected chi connectivity index (χ1v) is 9.24. The number of rotatable bonds is 5. The lowest BCUT2D eigenvalue weighted by atomic mass is 9.65. The second kappa shape index (κ2) is 8.91. The number of hydrogen-bond donors (Lipinski definition) is 1. The van der Waals surface area contributed by atoms with E-state index in [9.17, 15) is 4.79 Å². The van der Waals surface area contributed by atoms with E-state index in [4.69, 9.17) is 10.5 Å². The van der Waals surface area contributed by atoms with Crippen molar-refractivity contribution in [2.24, 2.45) is 23.5 Å². The highest BCUT2D eigenvalue weighted by molar-refractivity contribution is 5.85. The van der Waals surface area contributed by atoms with Gasteiger partial charge < -0.3 is 15.4 Å². The highest BCUT2D eigenvalue weighted by Crippen LogP contribution is 2.42. The monoisotopic (exact) mass is 366 g/mol. The van der Waals surface area contributed by atoms with Crippen LogP contribution in [-0.4, -0.2) is 37.0 Å². The Bertz CT molecular complexity index is 567. The molecule has 2 bridgehead atoms. The summed E-state index contributed by atoms with van der Waals surface area (Å²) in [6.45, 7) is 3.21. The molecule has 25 heavy (non-hydrogen) atoms. The molecule has 3 rings (SSSR count). The topological polar surface area (TPSA) is 55.6 Å². The Morgan fingerprint density at radius 2 is 1.96 bits per heavy atom. The van der Waals surface area contributed by atoms with Gasteiger partial charge in [-0.2, -0.15) is 0 Å². The summed E-state index contributed by atoms with van der Waals surface area (Å²) in [6, 6.07) is 8.33. The third-order valence-electron chi connectivity index (χ3n) is 5.82. The van der Waals surface area contributed by atoms with E-state index in [0.29, 0.717) is 31.0 Å². The summed E-state index contributed by atoms with van der Waals surface area (Å²) in [6.07, 6.45) is 5.62. The van der Waals surface area contributed by atoms with Gasteiger partial charge in [-0.1, -0.05) is 18.6 Å². The molecule has 2 unspecified atom stereocenters. The Labute approximate surface area is 157 Å². The Balaban J connectivity index is 0.00000225. The number of nitrogens with two attached hydrogens (primary N) is 1. The molecule has 0 heterocycles. The van der Waals surface area contributed by atoms with Gasteiger partial charge in [-0.25, -0.2) is 0 Å². The fourth-order valence-electron chi connectivity index (χ4n) is 4.42. The van der Waals surface area contributed by atoms with E-state index >= 15 is 0 Å². The average Bonchev–Trinajstić information content (AvgIpc) is 2.54. The second-order valence-electron chi connectivity index (χ2n) is 7.62. The van der Waals surface area contributed by atoms with Crippen LogP contribution in [-0.2, 0) is 4.79 Å². The Hall–Kier alpha value is -1.26. The highest BCUT2D eigenvalue weighted by atomic mass is 35.5. The Morgan fingerprint density at radius 1 is 1.28 bits per heavy atom. The molecule has 5 heteroatoms. The molecule has 2 N–H and O–H groups in total. The van der Waals surface area contributed by atoms with Gasteiger partial charge in [0.05, 0.1) is 6.54 Å². The molecule has 2 atom stereocenters. The van der Waals surface area contributed by atoms with Crippen molar-refractivity contribution in [1.29, 1.82) is 0 Å². The number of benzene rings is 1. The first kappa shape index (κ1) is 20.1. The van der Waals surface area contributed by atoms with Crippen LogP contribution in [0.2, 0.25) is 0 Å². The zero-order valence-corrected chi connectivity index (χ0v) is 16.1. The molecule has 2 saturated carbocycles. The maximum absolute atomic E-state index is 12.8. The predicted molar refractivity (Wildman–Crippen MR) is 103 cm³/mol. The summed E-state index contributed by atoms with van der Waals surface area (Å²) < 4.78 is 5.77. The minimum atomic E-state index is 0. The summed E-state index contributed by atoms with van der Waals surface area (Å²) in [5.74, 6) is 2.39. The van der Waals surface area contributed by atoms with Crippen LogP contribution < -0.4 is 10.5 Å². The van der Waals surface area contributed by atoms with E-state index in [-0.39, 0.29) is 24.2 Å². The van der Waals surface area contributed by atoms with E-state index < -0.39 is 0 Å². The van der Waals surface area contributed by atoms with Crippen molar-refractivity contribution in [3.8, 4) is 5.75 Å². The summed E-state index contributed by atoms with van der Waals surface area (Å²) >= 11 is 0. The molecule has 4 nitrogen and oxygen atoms in total. The summed E-state index contributed by atoms with van der Waals surface area (Å²) in [5.41, 5.74) is 7.52. The third kappa shape index (κ3) is 4.89. The Kier molecular flexibility index (Phi) is 7.14. The number of carbonyl (C=O) groups excluding carboxylic acids is 1. The van der Waals surface area contributed by atoms with Crippen LogP contribution in [0.25, 0.3) is 0 Å². The van der Waals surface area contributed by atoms with E-state index in [1.54, 1.807) is 0 Å². The average molecular weight is 367 g/mol. The Morgan fingerprint density at radius 3 is 2.60 bits per heavy atom. The van der Waals surface area contributed by atoms with Crippen molar-refractivity contribution in [2.45, 2.75) is 45.1 Å². The van der Waals surface area contributed by atoms with Crippen molar-refractivity contribution in [3.63, 3.8) is 0 Å². The largest absolute Gasteiger partial charge is 0.492 e. The third-order valence-corrected chi connectivity index (χ3v) is 5.82. The van der Waals surface area contributed by atoms with E-state index in [1.165, 1.54) is 24.8 Å². The molecule has 2 fully saturated rings. The minimum absolute atomic E-state index is 0. The molecule has 2 aliphatic rings. The molecule has 0 aliphatic heterocycles. The SMILES string of the molecule is Cc1cccc(OCCN(C)C(=O)C2CC3CCCC(C2)C3N)c1.Cl. The second-order valence-corrected chi connectivity index (χ2v) is 7.62. The number of ether oxygens (including phenoxy) is 1. The van der Waals surface area contributed by atoms with Crippen molar-refractivity contribution in [2.75, 3.05) is 20.2 Å². The lowest BCUT2D eigenvalue weighted by Crippen LogP contribution is -2.49. The zero-order valence-electron chi connectivity index (χ0n) is 15.3. The molecule has 1 aromatic carbocycles. The van der Waals surface area contributed by atoms with Crippen molar-refractivity contribution >= 4 is 18.3 Å². The van der Waals surface area contributed by atoms with Gasteiger partial charge in [0.15, 0.2) is 0 Å². The predicted octanol–water partition coefficient (Wildman–Crippen LogP) is 3.41. The fourth-order valence-corrected chi connectivity index (χ4v) is 4.42. The number of nitrogens with zero attached hydrogens (tertiary/aromatic N) is 1. The van der Waals surface area contributed by atoms with Gasteiger partial charge in [0.25, 0.3) is 0 Å². The lowest BCUT2D eigenvalue weighted by Gasteiger charge is -2.44. The first-order valence-electron chi connectivity index (χ1n) is 9.24. The van der Waals surface area contributed by atoms with Crippen LogP contribution in [0.5, 0.6) is 5.75 Å².